The van der Waals surface area contributed by atoms with Crippen molar-refractivity contribution in [2.75, 3.05) is 12.3 Å². The van der Waals surface area contributed by atoms with E-state index in [9.17, 15) is 0 Å². The summed E-state index contributed by atoms with van der Waals surface area (Å²) in [7, 11) is 5.68. The van der Waals surface area contributed by atoms with Crippen LogP contribution in [0.5, 0.6) is 0 Å². The topological polar surface area (TPSA) is 0 Å². The van der Waals surface area contributed by atoms with Crippen molar-refractivity contribution in [3.05, 3.63) is 243 Å². The second kappa shape index (κ2) is 21.1. The van der Waals surface area contributed by atoms with Crippen molar-refractivity contribution in [2.24, 2.45) is 0 Å². The SMILES string of the molecule is [Cl][Pd]([CH](CP(c1ccccc1)c1ccccc1)P(c1ccccc1)c1ccccc1)[CH](CP(c1ccccc1)c1ccccc1)P(c1ccccc1)c1ccccc1. The summed E-state index contributed by atoms with van der Waals surface area (Å²) in [6, 6.07) is 90.6. The van der Waals surface area contributed by atoms with Gasteiger partial charge in [0.25, 0.3) is 0 Å². The van der Waals surface area contributed by atoms with E-state index in [0.717, 1.165) is 12.3 Å². The van der Waals surface area contributed by atoms with Crippen LogP contribution in [-0.2, 0) is 15.7 Å². The van der Waals surface area contributed by atoms with Crippen molar-refractivity contribution in [1.29, 1.82) is 0 Å². The summed E-state index contributed by atoms with van der Waals surface area (Å²) in [5.74, 6) is 0. The molecule has 0 aliphatic rings. The van der Waals surface area contributed by atoms with E-state index in [2.05, 4.69) is 243 Å². The van der Waals surface area contributed by atoms with Gasteiger partial charge in [-0.3, -0.25) is 0 Å². The summed E-state index contributed by atoms with van der Waals surface area (Å²) >= 11 is -1.93. The average molecular weight is 937 g/mol. The van der Waals surface area contributed by atoms with Crippen LogP contribution in [0.2, 0.25) is 0 Å². The molecule has 0 nitrogen and oxygen atoms in total. The molecule has 8 rings (SSSR count). The molecule has 0 radical (unpaired) electrons. The van der Waals surface area contributed by atoms with Gasteiger partial charge in [0.1, 0.15) is 0 Å². The third-order valence-electron chi connectivity index (χ3n) is 9.98. The first-order chi connectivity index (χ1) is 28.7. The van der Waals surface area contributed by atoms with Crippen molar-refractivity contribution in [1.82, 2.24) is 0 Å². The fraction of sp³-hybridized carbons (Fsp3) is 0.0769. The number of benzene rings is 8. The van der Waals surface area contributed by atoms with Crippen LogP contribution in [0.4, 0.5) is 0 Å². The standard InChI is InChI=1S/2C26H23P2.ClH.Pd/c2*1-5-13-23(14-6-1)27(24-15-7-2-8-16-24)21-22-28(25-17-9-3-10-18-25)26-19-11-4-12-20-26;;/h2*1-21H,22H2;1H;/q;;;+1/p-1. The summed E-state index contributed by atoms with van der Waals surface area (Å²) in [4.78, 5) is 0. The fourth-order valence-corrected chi connectivity index (χ4v) is 32.6. The Bertz CT molecular complexity index is 2050. The average Bonchev–Trinajstić information content (AvgIpc) is 3.31. The molecule has 0 N–H and O–H groups in total. The van der Waals surface area contributed by atoms with Gasteiger partial charge in [0.15, 0.2) is 0 Å². The van der Waals surface area contributed by atoms with Gasteiger partial charge in [-0.05, 0) is 0 Å². The van der Waals surface area contributed by atoms with Crippen molar-refractivity contribution in [3.8, 4) is 0 Å². The molecule has 291 valence electrons. The van der Waals surface area contributed by atoms with Gasteiger partial charge in [-0.15, -0.1) is 0 Å². The van der Waals surface area contributed by atoms with Gasteiger partial charge < -0.3 is 0 Å². The van der Waals surface area contributed by atoms with Gasteiger partial charge in [-0.2, -0.15) is 0 Å². The van der Waals surface area contributed by atoms with Gasteiger partial charge in [-0.1, -0.05) is 0 Å². The predicted molar refractivity (Wildman–Crippen MR) is 259 cm³/mol. The first-order valence-electron chi connectivity index (χ1n) is 19.5. The van der Waals surface area contributed by atoms with Gasteiger partial charge >= 0.3 is 363 Å². The molecule has 0 bridgehead atoms. The molecule has 0 aliphatic carbocycles. The van der Waals surface area contributed by atoms with Crippen molar-refractivity contribution in [3.63, 3.8) is 0 Å². The van der Waals surface area contributed by atoms with E-state index in [1.54, 1.807) is 0 Å². The minimum absolute atomic E-state index is 0.268. The molecule has 0 heterocycles. The van der Waals surface area contributed by atoms with Crippen LogP contribution in [0.3, 0.4) is 0 Å². The molecule has 0 aliphatic heterocycles. The molecule has 0 fully saturated rings. The zero-order valence-electron chi connectivity index (χ0n) is 32.1. The number of rotatable bonds is 16. The Kier molecular flexibility index (Phi) is 15.0. The molecule has 0 spiro atoms. The van der Waals surface area contributed by atoms with Crippen LogP contribution >= 0.6 is 41.2 Å². The molecular formula is C52H46ClP4Pd. The van der Waals surface area contributed by atoms with Gasteiger partial charge in [0.2, 0.25) is 0 Å². The van der Waals surface area contributed by atoms with E-state index in [1.165, 1.54) is 42.4 Å². The normalized spacial score (nSPS) is 12.8. The maximum absolute atomic E-state index is 8.81. The van der Waals surface area contributed by atoms with E-state index in [0.29, 0.717) is 0 Å². The Morgan fingerprint density at radius 2 is 0.448 bits per heavy atom. The number of hydrogen-bond acceptors (Lipinski definition) is 0. The summed E-state index contributed by atoms with van der Waals surface area (Å²) < 4.78 is 0.537. The van der Waals surface area contributed by atoms with Crippen LogP contribution in [0, 0.1) is 0 Å². The molecule has 0 amide bonds. The molecule has 0 saturated carbocycles. The van der Waals surface area contributed by atoms with Crippen molar-refractivity contribution >= 4 is 83.7 Å². The molecule has 2 unspecified atom stereocenters. The van der Waals surface area contributed by atoms with E-state index < -0.39 is 47.4 Å². The Balaban J connectivity index is 1.37. The zero-order valence-corrected chi connectivity index (χ0v) is 38.0. The first kappa shape index (κ1) is 41.2. The molecule has 58 heavy (non-hydrogen) atoms. The van der Waals surface area contributed by atoms with Crippen LogP contribution in [0.1, 0.15) is 0 Å². The molecule has 2 atom stereocenters. The summed E-state index contributed by atoms with van der Waals surface area (Å²) in [6.45, 7) is 0. The number of halogens is 1. The van der Waals surface area contributed by atoms with Gasteiger partial charge in [0, 0.05) is 0 Å². The first-order valence-corrected chi connectivity index (χ1v) is 29.2. The van der Waals surface area contributed by atoms with E-state index in [-0.39, 0.29) is 8.26 Å². The molecular weight excluding hydrogens is 890 g/mol. The third-order valence-corrected chi connectivity index (χ3v) is 31.7. The Morgan fingerprint density at radius 3 is 0.638 bits per heavy atom. The Hall–Kier alpha value is -3.57. The molecule has 8 aromatic carbocycles. The number of hydrogen-bond donors (Lipinski definition) is 0. The van der Waals surface area contributed by atoms with Crippen LogP contribution in [0.25, 0.3) is 0 Å². The quantitative estimate of drug-likeness (QED) is 0.0669. The predicted octanol–water partition coefficient (Wildman–Crippen LogP) is 10.9. The molecule has 0 saturated heterocycles. The van der Waals surface area contributed by atoms with E-state index in [4.69, 9.17) is 9.53 Å². The second-order valence-corrected chi connectivity index (χ2v) is 29.3. The molecule has 0 aromatic heterocycles. The Labute approximate surface area is 360 Å². The van der Waals surface area contributed by atoms with Gasteiger partial charge in [-0.25, -0.2) is 0 Å². The van der Waals surface area contributed by atoms with E-state index >= 15 is 0 Å². The van der Waals surface area contributed by atoms with E-state index in [1.807, 2.05) is 0 Å². The second-order valence-electron chi connectivity index (χ2n) is 13.7. The molecule has 6 heteroatoms. The fourth-order valence-electron chi connectivity index (χ4n) is 7.26. The summed E-state index contributed by atoms with van der Waals surface area (Å²) in [6.07, 6.45) is 2.06. The minimum atomic E-state index is -1.93. The Morgan fingerprint density at radius 1 is 0.276 bits per heavy atom. The van der Waals surface area contributed by atoms with Crippen LogP contribution < -0.4 is 42.4 Å². The van der Waals surface area contributed by atoms with Crippen LogP contribution in [0.15, 0.2) is 243 Å². The van der Waals surface area contributed by atoms with Crippen LogP contribution in [-0.4, -0.2) is 20.6 Å². The monoisotopic (exact) mass is 935 g/mol. The van der Waals surface area contributed by atoms with Crippen molar-refractivity contribution in [2.45, 2.75) is 8.26 Å². The van der Waals surface area contributed by atoms with Gasteiger partial charge in [0.05, 0.1) is 0 Å². The summed E-state index contributed by atoms with van der Waals surface area (Å²) in [5, 5.41) is 11.3. The van der Waals surface area contributed by atoms with Crippen molar-refractivity contribution < 1.29 is 15.7 Å². The maximum atomic E-state index is 8.81. The zero-order chi connectivity index (χ0) is 39.4. The third kappa shape index (κ3) is 10.2. The molecule has 8 aromatic rings. The summed E-state index contributed by atoms with van der Waals surface area (Å²) in [5.41, 5.74) is 0.